The highest BCUT2D eigenvalue weighted by Gasteiger charge is 2.10. The van der Waals surface area contributed by atoms with Gasteiger partial charge >= 0.3 is 5.63 Å². The summed E-state index contributed by atoms with van der Waals surface area (Å²) in [5.74, 6) is 0. The summed E-state index contributed by atoms with van der Waals surface area (Å²) in [5.41, 5.74) is 2.47. The van der Waals surface area contributed by atoms with E-state index in [0.29, 0.717) is 11.0 Å². The van der Waals surface area contributed by atoms with E-state index < -0.39 is 0 Å². The van der Waals surface area contributed by atoms with E-state index in [1.807, 2.05) is 50.2 Å². The highest BCUT2D eigenvalue weighted by atomic mass is 16.4. The molecule has 0 spiro atoms. The van der Waals surface area contributed by atoms with Crippen LogP contribution in [0.15, 0.2) is 45.6 Å². The molecule has 1 aromatic heterocycles. The molecule has 0 aliphatic heterocycles. The van der Waals surface area contributed by atoms with Crippen molar-refractivity contribution in [3.8, 4) is 0 Å². The normalized spacial score (nSPS) is 11.2. The fourth-order valence-corrected chi connectivity index (χ4v) is 2.33. The number of aryl methyl sites for hydroxylation is 2. The number of hydrogen-bond acceptors (Lipinski definition) is 2. The van der Waals surface area contributed by atoms with Gasteiger partial charge in [0.15, 0.2) is 0 Å². The lowest BCUT2D eigenvalue weighted by Gasteiger charge is -2.07. The van der Waals surface area contributed by atoms with Gasteiger partial charge in [0.05, 0.1) is 5.39 Å². The van der Waals surface area contributed by atoms with Crippen molar-refractivity contribution >= 4 is 21.7 Å². The van der Waals surface area contributed by atoms with E-state index in [1.165, 1.54) is 0 Å². The molecule has 0 aliphatic rings. The monoisotopic (exact) mass is 224 g/mol. The van der Waals surface area contributed by atoms with Gasteiger partial charge in [-0.1, -0.05) is 30.3 Å². The second-order valence-electron chi connectivity index (χ2n) is 4.34. The number of benzene rings is 2. The van der Waals surface area contributed by atoms with Gasteiger partial charge in [0.1, 0.15) is 5.58 Å². The Morgan fingerprint density at radius 3 is 2.29 bits per heavy atom. The van der Waals surface area contributed by atoms with Crippen molar-refractivity contribution in [3.05, 3.63) is 57.9 Å². The van der Waals surface area contributed by atoms with Crippen molar-refractivity contribution in [1.29, 1.82) is 0 Å². The zero-order valence-corrected chi connectivity index (χ0v) is 9.78. The third-order valence-corrected chi connectivity index (χ3v) is 3.19. The van der Waals surface area contributed by atoms with Crippen LogP contribution in [0.25, 0.3) is 21.7 Å². The number of fused-ring (bicyclic) bond motifs is 3. The molecule has 1 heterocycles. The van der Waals surface area contributed by atoms with Crippen molar-refractivity contribution < 1.29 is 4.42 Å². The smallest absolute Gasteiger partial charge is 0.344 e. The van der Waals surface area contributed by atoms with E-state index in [1.54, 1.807) is 0 Å². The quantitative estimate of drug-likeness (QED) is 0.431. The molecule has 2 heteroatoms. The average Bonchev–Trinajstić information content (AvgIpc) is 2.33. The van der Waals surface area contributed by atoms with Gasteiger partial charge in [0, 0.05) is 10.8 Å². The molecular weight excluding hydrogens is 212 g/mol. The van der Waals surface area contributed by atoms with E-state index in [-0.39, 0.29) is 5.63 Å². The maximum absolute atomic E-state index is 12.0. The molecule has 3 rings (SSSR count). The first-order chi connectivity index (χ1) is 8.18. The van der Waals surface area contributed by atoms with Crippen LogP contribution in [0.1, 0.15) is 11.1 Å². The molecular formula is C15H12O2. The Labute approximate surface area is 98.5 Å². The van der Waals surface area contributed by atoms with E-state index in [2.05, 4.69) is 0 Å². The summed E-state index contributed by atoms with van der Waals surface area (Å²) in [7, 11) is 0. The molecule has 0 radical (unpaired) electrons. The summed E-state index contributed by atoms with van der Waals surface area (Å²) in [6.07, 6.45) is 0. The molecule has 0 fully saturated rings. The fourth-order valence-electron chi connectivity index (χ4n) is 2.33. The van der Waals surface area contributed by atoms with Crippen LogP contribution >= 0.6 is 0 Å². The molecule has 0 saturated heterocycles. The lowest BCUT2D eigenvalue weighted by molar-refractivity contribution is 0.569. The lowest BCUT2D eigenvalue weighted by atomic mass is 9.99. The minimum atomic E-state index is -0.250. The first-order valence-corrected chi connectivity index (χ1v) is 5.60. The van der Waals surface area contributed by atoms with E-state index in [4.69, 9.17) is 4.42 Å². The Morgan fingerprint density at radius 2 is 1.53 bits per heavy atom. The highest BCUT2D eigenvalue weighted by molar-refractivity contribution is 6.07. The van der Waals surface area contributed by atoms with Gasteiger partial charge in [-0.15, -0.1) is 0 Å². The van der Waals surface area contributed by atoms with Crippen LogP contribution in [0.5, 0.6) is 0 Å². The van der Waals surface area contributed by atoms with Crippen molar-refractivity contribution in [3.63, 3.8) is 0 Å². The zero-order valence-electron chi connectivity index (χ0n) is 9.78. The standard InChI is InChI=1S/C15H12O2/c1-9-7-8-10(2)14-13(9)11-5-3-4-6-12(11)17-15(14)16/h3-8H,1-2H3. The van der Waals surface area contributed by atoms with Gasteiger partial charge < -0.3 is 4.42 Å². The number of hydrogen-bond donors (Lipinski definition) is 0. The second-order valence-corrected chi connectivity index (χ2v) is 4.34. The minimum absolute atomic E-state index is 0.250. The van der Waals surface area contributed by atoms with Gasteiger partial charge in [0.25, 0.3) is 0 Å². The molecule has 17 heavy (non-hydrogen) atoms. The Kier molecular flexibility index (Phi) is 2.05. The first-order valence-electron chi connectivity index (χ1n) is 5.60. The molecule has 0 unspecified atom stereocenters. The van der Waals surface area contributed by atoms with Crippen LogP contribution in [0.4, 0.5) is 0 Å². The van der Waals surface area contributed by atoms with Crippen molar-refractivity contribution in [1.82, 2.24) is 0 Å². The summed E-state index contributed by atoms with van der Waals surface area (Å²) < 4.78 is 5.36. The molecule has 0 aliphatic carbocycles. The first kappa shape index (κ1) is 10.1. The molecule has 2 nitrogen and oxygen atoms in total. The van der Waals surface area contributed by atoms with Crippen LogP contribution in [0, 0.1) is 13.8 Å². The Morgan fingerprint density at radius 1 is 0.882 bits per heavy atom. The molecule has 84 valence electrons. The Bertz CT molecular complexity index is 782. The van der Waals surface area contributed by atoms with Crippen molar-refractivity contribution in [2.45, 2.75) is 13.8 Å². The zero-order chi connectivity index (χ0) is 12.0. The SMILES string of the molecule is Cc1ccc(C)c2c1c(=O)oc1ccccc12. The van der Waals surface area contributed by atoms with Gasteiger partial charge in [-0.25, -0.2) is 4.79 Å². The third kappa shape index (κ3) is 1.37. The minimum Gasteiger partial charge on any atom is -0.422 e. The summed E-state index contributed by atoms with van der Waals surface area (Å²) in [5, 5.41) is 2.71. The van der Waals surface area contributed by atoms with E-state index >= 15 is 0 Å². The van der Waals surface area contributed by atoms with E-state index in [9.17, 15) is 4.79 Å². The van der Waals surface area contributed by atoms with Crippen LogP contribution in [0.2, 0.25) is 0 Å². The van der Waals surface area contributed by atoms with E-state index in [0.717, 1.165) is 21.9 Å². The molecule has 0 atom stereocenters. The maximum Gasteiger partial charge on any atom is 0.344 e. The summed E-state index contributed by atoms with van der Waals surface area (Å²) in [6.45, 7) is 3.96. The van der Waals surface area contributed by atoms with Crippen LogP contribution in [-0.4, -0.2) is 0 Å². The molecule has 0 N–H and O–H groups in total. The topological polar surface area (TPSA) is 30.2 Å². The summed E-state index contributed by atoms with van der Waals surface area (Å²) in [6, 6.07) is 11.7. The molecule has 0 saturated carbocycles. The third-order valence-electron chi connectivity index (χ3n) is 3.19. The summed E-state index contributed by atoms with van der Waals surface area (Å²) in [4.78, 5) is 12.0. The number of rotatable bonds is 0. The van der Waals surface area contributed by atoms with Gasteiger partial charge in [-0.2, -0.15) is 0 Å². The summed E-state index contributed by atoms with van der Waals surface area (Å²) >= 11 is 0. The number of para-hydroxylation sites is 1. The van der Waals surface area contributed by atoms with Gasteiger partial charge in [0.2, 0.25) is 0 Å². The van der Waals surface area contributed by atoms with Gasteiger partial charge in [-0.05, 0) is 31.0 Å². The lowest BCUT2D eigenvalue weighted by Crippen LogP contribution is -2.02. The Hall–Kier alpha value is -2.09. The molecule has 0 amide bonds. The van der Waals surface area contributed by atoms with Crippen LogP contribution in [0.3, 0.4) is 0 Å². The largest absolute Gasteiger partial charge is 0.422 e. The van der Waals surface area contributed by atoms with Crippen molar-refractivity contribution in [2.75, 3.05) is 0 Å². The average molecular weight is 224 g/mol. The molecule has 3 aromatic rings. The second kappa shape index (κ2) is 3.45. The molecule has 0 bridgehead atoms. The predicted molar refractivity (Wildman–Crippen MR) is 69.5 cm³/mol. The highest BCUT2D eigenvalue weighted by Crippen LogP contribution is 2.27. The Balaban J connectivity index is 2.75. The van der Waals surface area contributed by atoms with Gasteiger partial charge in [-0.3, -0.25) is 0 Å². The molecule has 2 aromatic carbocycles. The predicted octanol–water partition coefficient (Wildman–Crippen LogP) is 3.56. The van der Waals surface area contributed by atoms with Crippen LogP contribution < -0.4 is 5.63 Å². The van der Waals surface area contributed by atoms with Crippen molar-refractivity contribution in [2.24, 2.45) is 0 Å². The van der Waals surface area contributed by atoms with Crippen LogP contribution in [-0.2, 0) is 0 Å². The maximum atomic E-state index is 12.0. The fraction of sp³-hybridized carbons (Fsp3) is 0.133.